The molecule has 11 heteroatoms. The van der Waals surface area contributed by atoms with E-state index >= 15 is 0 Å². The molecule has 2 aromatic carbocycles. The van der Waals surface area contributed by atoms with Gasteiger partial charge in [0.15, 0.2) is 0 Å². The second kappa shape index (κ2) is 11.1. The van der Waals surface area contributed by atoms with Gasteiger partial charge < -0.3 is 15.0 Å². The number of hydrogen-bond donors (Lipinski definition) is 3. The summed E-state index contributed by atoms with van der Waals surface area (Å²) in [5, 5.41) is 7.06. The monoisotopic (exact) mass is 546 g/mol. The Morgan fingerprint density at radius 3 is 2.77 bits per heavy atom. The van der Waals surface area contributed by atoms with Gasteiger partial charge in [-0.25, -0.2) is 24.0 Å². The van der Waals surface area contributed by atoms with Crippen molar-refractivity contribution >= 4 is 28.4 Å². The third-order valence-corrected chi connectivity index (χ3v) is 7.26. The minimum atomic E-state index is -0.656. The van der Waals surface area contributed by atoms with Crippen molar-refractivity contribution in [2.24, 2.45) is 0 Å². The maximum atomic E-state index is 14.4. The fraction of sp³-hybridized carbons (Fsp3) is 0.276. The number of amides is 2. The van der Waals surface area contributed by atoms with E-state index in [9.17, 15) is 13.6 Å². The van der Waals surface area contributed by atoms with Crippen LogP contribution in [0.25, 0.3) is 33.2 Å². The van der Waals surface area contributed by atoms with Gasteiger partial charge in [-0.1, -0.05) is 6.07 Å². The molecule has 0 saturated carbocycles. The molecule has 6 rings (SSSR count). The largest absolute Gasteiger partial charge is 0.375 e. The van der Waals surface area contributed by atoms with E-state index in [0.29, 0.717) is 42.2 Å². The molecule has 2 amide bonds. The lowest BCUT2D eigenvalue weighted by atomic mass is 9.95. The summed E-state index contributed by atoms with van der Waals surface area (Å²) >= 11 is 0. The van der Waals surface area contributed by atoms with Crippen molar-refractivity contribution in [2.45, 2.75) is 18.6 Å². The molecule has 0 aliphatic carbocycles. The van der Waals surface area contributed by atoms with Gasteiger partial charge in [-0.05, 0) is 53.9 Å². The first kappa shape index (κ1) is 26.1. The number of ether oxygens (including phenoxy) is 1. The summed E-state index contributed by atoms with van der Waals surface area (Å²) in [6.07, 6.45) is 4.18. The van der Waals surface area contributed by atoms with Gasteiger partial charge in [-0.15, -0.1) is 0 Å². The van der Waals surface area contributed by atoms with Crippen LogP contribution >= 0.6 is 0 Å². The number of anilines is 2. The lowest BCUT2D eigenvalue weighted by molar-refractivity contribution is -0.0134. The second-order valence-electron chi connectivity index (χ2n) is 9.77. The molecule has 2 aliphatic heterocycles. The summed E-state index contributed by atoms with van der Waals surface area (Å²) in [6, 6.07) is 12.5. The maximum absolute atomic E-state index is 14.4. The first-order valence-electron chi connectivity index (χ1n) is 13.0. The number of aromatic nitrogens is 2. The lowest BCUT2D eigenvalue weighted by Crippen LogP contribution is -2.58. The number of halogens is 2. The SMILES string of the molecule is CONC(=O)Nc1ncccc1-c1ccc2ncc(-c3cc(F)cc(F)c3)c(N3CC[C@H]4OCCN[C@@H]4C3)c2c1. The summed E-state index contributed by atoms with van der Waals surface area (Å²) < 4.78 is 34.7. The zero-order chi connectivity index (χ0) is 27.6. The average Bonchev–Trinajstić information content (AvgIpc) is 2.96. The van der Waals surface area contributed by atoms with E-state index in [2.05, 4.69) is 31.0 Å². The Labute approximate surface area is 229 Å². The number of morpholine rings is 1. The molecule has 9 nitrogen and oxygen atoms in total. The van der Waals surface area contributed by atoms with Crippen molar-refractivity contribution in [3.05, 3.63) is 72.6 Å². The summed E-state index contributed by atoms with van der Waals surface area (Å²) in [7, 11) is 1.34. The van der Waals surface area contributed by atoms with Gasteiger partial charge in [-0.2, -0.15) is 0 Å². The predicted molar refractivity (Wildman–Crippen MR) is 148 cm³/mol. The number of hydroxylamine groups is 1. The number of urea groups is 1. The first-order chi connectivity index (χ1) is 19.5. The molecule has 2 saturated heterocycles. The summed E-state index contributed by atoms with van der Waals surface area (Å²) in [4.78, 5) is 28.1. The van der Waals surface area contributed by atoms with Crippen molar-refractivity contribution in [1.82, 2.24) is 20.8 Å². The number of benzene rings is 2. The Hall–Kier alpha value is -4.19. The molecule has 0 unspecified atom stereocenters. The number of carbonyl (C=O) groups excluding carboxylic acids is 1. The molecule has 2 atom stereocenters. The van der Waals surface area contributed by atoms with Gasteiger partial charge >= 0.3 is 6.03 Å². The van der Waals surface area contributed by atoms with E-state index in [1.54, 1.807) is 18.5 Å². The van der Waals surface area contributed by atoms with Gasteiger partial charge in [0.25, 0.3) is 0 Å². The number of pyridine rings is 2. The average molecular weight is 547 g/mol. The lowest BCUT2D eigenvalue weighted by Gasteiger charge is -2.43. The Morgan fingerprint density at radius 1 is 1.10 bits per heavy atom. The van der Waals surface area contributed by atoms with E-state index in [-0.39, 0.29) is 12.1 Å². The molecule has 4 aromatic rings. The van der Waals surface area contributed by atoms with E-state index in [0.717, 1.165) is 41.2 Å². The van der Waals surface area contributed by atoms with Crippen molar-refractivity contribution in [2.75, 3.05) is 43.6 Å². The van der Waals surface area contributed by atoms with Gasteiger partial charge in [0.05, 0.1) is 37.1 Å². The van der Waals surface area contributed by atoms with Crippen LogP contribution in [-0.4, -0.2) is 61.5 Å². The third-order valence-electron chi connectivity index (χ3n) is 7.26. The Bertz CT molecular complexity index is 1550. The minimum absolute atomic E-state index is 0.117. The molecule has 206 valence electrons. The van der Waals surface area contributed by atoms with Crippen molar-refractivity contribution in [3.8, 4) is 22.3 Å². The summed E-state index contributed by atoms with van der Waals surface area (Å²) in [5.41, 5.74) is 6.29. The zero-order valence-corrected chi connectivity index (χ0v) is 21.8. The number of piperidine rings is 1. The molecular formula is C29H28F2N6O3. The van der Waals surface area contributed by atoms with Gasteiger partial charge in [0.2, 0.25) is 0 Å². The standard InChI is InChI=1S/C29H28F2N6O3/c1-39-36-29(38)35-28-21(3-2-7-33-28)17-4-5-24-22(13-17)27(37-9-6-26-25(16-37)32-8-10-40-26)23(15-34-24)18-11-19(30)14-20(31)12-18/h2-5,7,11-15,25-26,32H,6,8-10,16H2,1H3,(H2,33,35,36,38)/t25-,26-/m1/s1. The van der Waals surface area contributed by atoms with Gasteiger partial charge in [0, 0.05) is 54.6 Å². The number of fused-ring (bicyclic) bond motifs is 2. The maximum Gasteiger partial charge on any atom is 0.344 e. The molecule has 2 aromatic heterocycles. The number of rotatable bonds is 5. The summed E-state index contributed by atoms with van der Waals surface area (Å²) in [6.45, 7) is 2.82. The molecule has 2 aliphatic rings. The Balaban J connectivity index is 1.50. The third kappa shape index (κ3) is 5.18. The van der Waals surface area contributed by atoms with E-state index in [4.69, 9.17) is 9.57 Å². The molecule has 40 heavy (non-hydrogen) atoms. The molecule has 0 spiro atoms. The first-order valence-corrected chi connectivity index (χ1v) is 13.0. The van der Waals surface area contributed by atoms with Crippen LogP contribution in [0.1, 0.15) is 6.42 Å². The molecular weight excluding hydrogens is 518 g/mol. The number of carbonyl (C=O) groups is 1. The zero-order valence-electron chi connectivity index (χ0n) is 21.8. The van der Waals surface area contributed by atoms with E-state index < -0.39 is 17.7 Å². The van der Waals surface area contributed by atoms with Crippen LogP contribution < -0.4 is 21.0 Å². The smallest absolute Gasteiger partial charge is 0.344 e. The number of hydrogen-bond acceptors (Lipinski definition) is 7. The second-order valence-corrected chi connectivity index (χ2v) is 9.77. The van der Waals surface area contributed by atoms with Crippen LogP contribution in [0, 0.1) is 11.6 Å². The van der Waals surface area contributed by atoms with Crippen molar-refractivity contribution < 1.29 is 23.1 Å². The van der Waals surface area contributed by atoms with Crippen LogP contribution in [0.5, 0.6) is 0 Å². The number of nitrogens with one attached hydrogen (secondary N) is 3. The van der Waals surface area contributed by atoms with Crippen LogP contribution in [0.4, 0.5) is 25.1 Å². The van der Waals surface area contributed by atoms with E-state index in [1.165, 1.54) is 19.2 Å². The van der Waals surface area contributed by atoms with Crippen LogP contribution in [0.3, 0.4) is 0 Å². The van der Waals surface area contributed by atoms with Gasteiger partial charge in [0.1, 0.15) is 17.5 Å². The van der Waals surface area contributed by atoms with Crippen molar-refractivity contribution in [1.29, 1.82) is 0 Å². The predicted octanol–water partition coefficient (Wildman–Crippen LogP) is 4.49. The Kier molecular flexibility index (Phi) is 7.25. The fourth-order valence-corrected chi connectivity index (χ4v) is 5.55. The molecule has 2 fully saturated rings. The molecule has 0 bridgehead atoms. The van der Waals surface area contributed by atoms with Gasteiger partial charge in [-0.3, -0.25) is 15.1 Å². The minimum Gasteiger partial charge on any atom is -0.375 e. The van der Waals surface area contributed by atoms with Crippen LogP contribution in [0.15, 0.2) is 60.9 Å². The highest BCUT2D eigenvalue weighted by Crippen LogP contribution is 2.40. The number of nitrogens with zero attached hydrogens (tertiary/aromatic N) is 3. The molecule has 0 radical (unpaired) electrons. The highest BCUT2D eigenvalue weighted by atomic mass is 19.1. The van der Waals surface area contributed by atoms with Crippen molar-refractivity contribution in [3.63, 3.8) is 0 Å². The Morgan fingerprint density at radius 2 is 1.95 bits per heavy atom. The molecule has 3 N–H and O–H groups in total. The highest BCUT2D eigenvalue weighted by molar-refractivity contribution is 6.02. The summed E-state index contributed by atoms with van der Waals surface area (Å²) in [5.74, 6) is -0.967. The molecule has 4 heterocycles. The fourth-order valence-electron chi connectivity index (χ4n) is 5.55. The van der Waals surface area contributed by atoms with Crippen LogP contribution in [-0.2, 0) is 9.57 Å². The van der Waals surface area contributed by atoms with E-state index in [1.807, 2.05) is 24.3 Å². The topological polar surface area (TPSA) is 101 Å². The normalized spacial score (nSPS) is 18.8. The van der Waals surface area contributed by atoms with Crippen LogP contribution in [0.2, 0.25) is 0 Å². The quantitative estimate of drug-likeness (QED) is 0.317. The highest BCUT2D eigenvalue weighted by Gasteiger charge is 2.33.